The number of rotatable bonds is 2. The molecule has 1 aliphatic rings. The van der Waals surface area contributed by atoms with E-state index < -0.39 is 0 Å². The first kappa shape index (κ1) is 14.4. The fraction of sp³-hybridized carbons (Fsp3) is 0.267. The lowest BCUT2D eigenvalue weighted by molar-refractivity contribution is 0.0721. The number of fused-ring (bicyclic) bond motifs is 1. The van der Waals surface area contributed by atoms with Crippen LogP contribution in [0.15, 0.2) is 31.4 Å². The van der Waals surface area contributed by atoms with Crippen molar-refractivity contribution < 1.29 is 4.79 Å². The molecule has 0 saturated carbocycles. The van der Waals surface area contributed by atoms with Crippen molar-refractivity contribution >= 4 is 5.91 Å². The lowest BCUT2D eigenvalue weighted by Crippen LogP contribution is -2.37. The van der Waals surface area contributed by atoms with Gasteiger partial charge < -0.3 is 4.90 Å². The van der Waals surface area contributed by atoms with Crippen molar-refractivity contribution in [2.24, 2.45) is 7.05 Å². The molecule has 0 unspecified atom stereocenters. The summed E-state index contributed by atoms with van der Waals surface area (Å²) >= 11 is 0. The van der Waals surface area contributed by atoms with Crippen molar-refractivity contribution in [2.75, 3.05) is 6.54 Å². The van der Waals surface area contributed by atoms with E-state index in [-0.39, 0.29) is 11.7 Å². The summed E-state index contributed by atoms with van der Waals surface area (Å²) < 4.78 is 1.51. The molecule has 4 heterocycles. The van der Waals surface area contributed by atoms with Gasteiger partial charge in [0, 0.05) is 43.5 Å². The molecule has 0 fully saturated rings. The molecule has 0 spiro atoms. The van der Waals surface area contributed by atoms with E-state index in [4.69, 9.17) is 0 Å². The summed E-state index contributed by atoms with van der Waals surface area (Å²) in [5.41, 5.74) is 3.43. The van der Waals surface area contributed by atoms with Crippen LogP contribution in [0.5, 0.6) is 0 Å². The molecule has 4 rings (SSSR count). The molecular formula is C15H14N8O. The molecule has 0 atom stereocenters. The van der Waals surface area contributed by atoms with E-state index in [9.17, 15) is 4.79 Å². The molecule has 0 N–H and O–H groups in total. The molecule has 0 bridgehead atoms. The lowest BCUT2D eigenvalue weighted by Gasteiger charge is -2.28. The molecule has 1 aliphatic heterocycles. The molecule has 3 aromatic rings. The molecular weight excluding hydrogens is 308 g/mol. The van der Waals surface area contributed by atoms with Gasteiger partial charge in [0.1, 0.15) is 19.0 Å². The molecule has 0 radical (unpaired) electrons. The quantitative estimate of drug-likeness (QED) is 0.666. The van der Waals surface area contributed by atoms with E-state index in [1.165, 1.54) is 17.3 Å². The molecule has 0 aromatic carbocycles. The number of carbonyl (C=O) groups excluding carboxylic acids is 1. The van der Waals surface area contributed by atoms with E-state index in [1.54, 1.807) is 30.7 Å². The van der Waals surface area contributed by atoms with E-state index in [1.807, 2.05) is 0 Å². The highest BCUT2D eigenvalue weighted by Gasteiger charge is 2.27. The summed E-state index contributed by atoms with van der Waals surface area (Å²) in [5.74, 6) is 0.00255. The Bertz CT molecular complexity index is 891. The van der Waals surface area contributed by atoms with Crippen LogP contribution in [0.25, 0.3) is 11.3 Å². The minimum Gasteiger partial charge on any atom is -0.331 e. The molecule has 120 valence electrons. The second kappa shape index (κ2) is 5.76. The van der Waals surface area contributed by atoms with Crippen molar-refractivity contribution in [2.45, 2.75) is 13.0 Å². The molecule has 9 nitrogen and oxygen atoms in total. The van der Waals surface area contributed by atoms with Crippen LogP contribution in [0.1, 0.15) is 21.9 Å². The van der Waals surface area contributed by atoms with Crippen molar-refractivity contribution in [3.63, 3.8) is 0 Å². The SMILES string of the molecule is Cn1cnc(C(=O)N2CCc3ncnc(-c4cncnc4)c3C2)n1. The molecule has 1 amide bonds. The van der Waals surface area contributed by atoms with Crippen molar-refractivity contribution in [3.8, 4) is 11.3 Å². The predicted octanol–water partition coefficient (Wildman–Crippen LogP) is 0.261. The number of amides is 1. The van der Waals surface area contributed by atoms with Gasteiger partial charge in [0.05, 0.1) is 17.9 Å². The van der Waals surface area contributed by atoms with Gasteiger partial charge in [-0.05, 0) is 0 Å². The highest BCUT2D eigenvalue weighted by atomic mass is 16.2. The van der Waals surface area contributed by atoms with Gasteiger partial charge in [0.2, 0.25) is 5.82 Å². The zero-order valence-electron chi connectivity index (χ0n) is 13.0. The van der Waals surface area contributed by atoms with Crippen LogP contribution >= 0.6 is 0 Å². The Hall–Kier alpha value is -3.23. The molecule has 0 aliphatic carbocycles. The van der Waals surface area contributed by atoms with E-state index >= 15 is 0 Å². The number of nitrogens with zero attached hydrogens (tertiary/aromatic N) is 8. The third-order valence-electron chi connectivity index (χ3n) is 3.91. The second-order valence-electron chi connectivity index (χ2n) is 5.49. The lowest BCUT2D eigenvalue weighted by atomic mass is 10.0. The van der Waals surface area contributed by atoms with Gasteiger partial charge in [0.25, 0.3) is 5.91 Å². The van der Waals surface area contributed by atoms with E-state index in [2.05, 4.69) is 30.0 Å². The summed E-state index contributed by atoms with van der Waals surface area (Å²) in [6.45, 7) is 0.989. The zero-order chi connectivity index (χ0) is 16.5. The van der Waals surface area contributed by atoms with Crippen LogP contribution < -0.4 is 0 Å². The Balaban J connectivity index is 1.68. The number of hydrogen-bond donors (Lipinski definition) is 0. The monoisotopic (exact) mass is 322 g/mol. The van der Waals surface area contributed by atoms with Crippen LogP contribution in [-0.2, 0) is 20.0 Å². The molecule has 3 aromatic heterocycles. The largest absolute Gasteiger partial charge is 0.331 e. The zero-order valence-corrected chi connectivity index (χ0v) is 13.0. The van der Waals surface area contributed by atoms with Gasteiger partial charge in [-0.1, -0.05) is 0 Å². The minimum absolute atomic E-state index is 0.194. The minimum atomic E-state index is -0.194. The summed E-state index contributed by atoms with van der Waals surface area (Å²) in [5, 5.41) is 4.09. The average molecular weight is 322 g/mol. The van der Waals surface area contributed by atoms with E-state index in [0.717, 1.165) is 22.5 Å². The highest BCUT2D eigenvalue weighted by molar-refractivity contribution is 5.90. The number of aromatic nitrogens is 7. The molecule has 0 saturated heterocycles. The van der Waals surface area contributed by atoms with Gasteiger partial charge in [0.15, 0.2) is 0 Å². The summed E-state index contributed by atoms with van der Waals surface area (Å²) in [6, 6.07) is 0. The van der Waals surface area contributed by atoms with E-state index in [0.29, 0.717) is 19.5 Å². The van der Waals surface area contributed by atoms with Crippen LogP contribution in [0.4, 0.5) is 0 Å². The number of hydrogen-bond acceptors (Lipinski definition) is 7. The van der Waals surface area contributed by atoms with Gasteiger partial charge in [-0.15, -0.1) is 5.10 Å². The van der Waals surface area contributed by atoms with Gasteiger partial charge in [-0.25, -0.2) is 24.9 Å². The summed E-state index contributed by atoms with van der Waals surface area (Å²) in [6.07, 6.45) is 8.60. The van der Waals surface area contributed by atoms with Crippen molar-refractivity contribution in [1.29, 1.82) is 0 Å². The maximum absolute atomic E-state index is 12.6. The third-order valence-corrected chi connectivity index (χ3v) is 3.91. The fourth-order valence-corrected chi connectivity index (χ4v) is 2.76. The topological polar surface area (TPSA) is 103 Å². The maximum atomic E-state index is 12.6. The normalized spacial score (nSPS) is 13.6. The second-order valence-corrected chi connectivity index (χ2v) is 5.49. The Kier molecular flexibility index (Phi) is 3.45. The van der Waals surface area contributed by atoms with Gasteiger partial charge in [-0.3, -0.25) is 9.48 Å². The third kappa shape index (κ3) is 2.49. The molecule has 9 heteroatoms. The summed E-state index contributed by atoms with van der Waals surface area (Å²) in [4.78, 5) is 35.1. The van der Waals surface area contributed by atoms with Gasteiger partial charge >= 0.3 is 0 Å². The standard InChI is InChI=1S/C15H14N8O/c1-22-9-20-14(21-22)15(24)23-3-2-12-11(6-23)13(19-8-18-12)10-4-16-7-17-5-10/h4-5,7-9H,2-3,6H2,1H3. The number of aryl methyl sites for hydroxylation is 1. The highest BCUT2D eigenvalue weighted by Crippen LogP contribution is 2.26. The van der Waals surface area contributed by atoms with Crippen molar-refractivity contribution in [3.05, 3.63) is 48.5 Å². The summed E-state index contributed by atoms with van der Waals surface area (Å²) in [7, 11) is 1.73. The first-order valence-corrected chi connectivity index (χ1v) is 7.45. The van der Waals surface area contributed by atoms with Crippen LogP contribution in [0, 0.1) is 0 Å². The molecule has 24 heavy (non-hydrogen) atoms. The number of carbonyl (C=O) groups is 1. The van der Waals surface area contributed by atoms with Crippen LogP contribution in [-0.4, -0.2) is 52.1 Å². The Morgan fingerprint density at radius 1 is 1.12 bits per heavy atom. The van der Waals surface area contributed by atoms with Crippen LogP contribution in [0.2, 0.25) is 0 Å². The predicted molar refractivity (Wildman–Crippen MR) is 82.5 cm³/mol. The Morgan fingerprint density at radius 3 is 2.71 bits per heavy atom. The Morgan fingerprint density at radius 2 is 1.96 bits per heavy atom. The maximum Gasteiger partial charge on any atom is 0.293 e. The smallest absolute Gasteiger partial charge is 0.293 e. The fourth-order valence-electron chi connectivity index (χ4n) is 2.76. The Labute approximate surface area is 137 Å². The van der Waals surface area contributed by atoms with Crippen molar-refractivity contribution in [1.82, 2.24) is 39.6 Å². The van der Waals surface area contributed by atoms with Gasteiger partial charge in [-0.2, -0.15) is 0 Å². The van der Waals surface area contributed by atoms with Crippen LogP contribution in [0.3, 0.4) is 0 Å². The first-order valence-electron chi connectivity index (χ1n) is 7.45. The first-order chi connectivity index (χ1) is 11.7. The average Bonchev–Trinajstić information content (AvgIpc) is 3.07.